The van der Waals surface area contributed by atoms with E-state index in [1.807, 2.05) is 13.0 Å². The number of aromatic nitrogens is 5. The lowest BCUT2D eigenvalue weighted by Crippen LogP contribution is -2.32. The molecular formula is C18H21N7O2. The van der Waals surface area contributed by atoms with E-state index in [1.165, 1.54) is 0 Å². The van der Waals surface area contributed by atoms with Gasteiger partial charge in [-0.05, 0) is 31.9 Å². The maximum atomic E-state index is 13.0. The number of amides is 1. The molecule has 3 aromatic rings. The van der Waals surface area contributed by atoms with Gasteiger partial charge in [0.05, 0.1) is 18.1 Å². The third-order valence-electron chi connectivity index (χ3n) is 4.72. The number of rotatable bonds is 5. The first-order valence-electron chi connectivity index (χ1n) is 9.01. The van der Waals surface area contributed by atoms with Gasteiger partial charge in [-0.3, -0.25) is 9.78 Å². The highest BCUT2D eigenvalue weighted by molar-refractivity contribution is 6.05. The highest BCUT2D eigenvalue weighted by Gasteiger charge is 2.25. The molecule has 3 aromatic heterocycles. The van der Waals surface area contributed by atoms with Crippen molar-refractivity contribution >= 4 is 17.6 Å². The van der Waals surface area contributed by atoms with E-state index in [0.717, 1.165) is 31.6 Å². The molecule has 0 aliphatic carbocycles. The Labute approximate surface area is 156 Å². The molecule has 1 aliphatic heterocycles. The largest absolute Gasteiger partial charge is 0.324 e. The predicted molar refractivity (Wildman–Crippen MR) is 99.5 cm³/mol. The summed E-state index contributed by atoms with van der Waals surface area (Å²) in [6.45, 7) is 4.28. The summed E-state index contributed by atoms with van der Waals surface area (Å²) in [5, 5.41) is 4.04. The highest BCUT2D eigenvalue weighted by atomic mass is 16.5. The van der Waals surface area contributed by atoms with Gasteiger partial charge in [0.1, 0.15) is 5.69 Å². The molecule has 1 amide bonds. The quantitative estimate of drug-likeness (QED) is 0.682. The lowest BCUT2D eigenvalue weighted by molar-refractivity contribution is 0.0980. The Morgan fingerprint density at radius 2 is 2.11 bits per heavy atom. The number of anilines is 2. The summed E-state index contributed by atoms with van der Waals surface area (Å²) in [5.41, 5.74) is 1.19. The van der Waals surface area contributed by atoms with Gasteiger partial charge in [0.2, 0.25) is 5.82 Å². The molecule has 9 heteroatoms. The molecule has 1 fully saturated rings. The number of carbonyl (C=O) groups is 1. The van der Waals surface area contributed by atoms with Crippen LogP contribution >= 0.6 is 0 Å². The summed E-state index contributed by atoms with van der Waals surface area (Å²) < 4.78 is 7.07. The Kier molecular flexibility index (Phi) is 4.57. The van der Waals surface area contributed by atoms with Crippen LogP contribution in [0, 0.1) is 0 Å². The molecule has 0 saturated carbocycles. The van der Waals surface area contributed by atoms with E-state index in [9.17, 15) is 4.79 Å². The second-order valence-electron chi connectivity index (χ2n) is 6.38. The fraction of sp³-hybridized carbons (Fsp3) is 0.389. The van der Waals surface area contributed by atoms with Crippen LogP contribution in [0.15, 0.2) is 35.2 Å². The fourth-order valence-electron chi connectivity index (χ4n) is 3.25. The second kappa shape index (κ2) is 7.18. The van der Waals surface area contributed by atoms with Crippen LogP contribution in [0.25, 0.3) is 11.6 Å². The Bertz CT molecular complexity index is 928. The second-order valence-corrected chi connectivity index (χ2v) is 6.38. The van der Waals surface area contributed by atoms with E-state index in [4.69, 9.17) is 4.52 Å². The third-order valence-corrected chi connectivity index (χ3v) is 4.72. The summed E-state index contributed by atoms with van der Waals surface area (Å²) in [5.74, 6) is 0.715. The molecule has 0 N–H and O–H groups in total. The van der Waals surface area contributed by atoms with E-state index >= 15 is 0 Å². The van der Waals surface area contributed by atoms with E-state index in [0.29, 0.717) is 29.9 Å². The standard InChI is InChI=1S/C18H21N7O2/c1-3-25(13-7-6-8-19-11-13)17(26)14-12-20-16(23(14)2)15-21-18(27-22-15)24-9-4-5-10-24/h6-8,11-12H,3-5,9-10H2,1-2H3. The SMILES string of the molecule is CCN(C(=O)c1cnc(-c2noc(N3CCCC3)n2)n1C)c1cccnc1. The molecule has 0 aromatic carbocycles. The van der Waals surface area contributed by atoms with Crippen LogP contribution in [0.4, 0.5) is 11.7 Å². The van der Waals surface area contributed by atoms with Crippen LogP contribution in [-0.4, -0.2) is 50.2 Å². The average molecular weight is 367 g/mol. The molecule has 4 heterocycles. The topological polar surface area (TPSA) is 93.2 Å². The molecule has 0 spiro atoms. The lowest BCUT2D eigenvalue weighted by atomic mass is 10.3. The Morgan fingerprint density at radius 3 is 2.81 bits per heavy atom. The van der Waals surface area contributed by atoms with Crippen molar-refractivity contribution in [1.29, 1.82) is 0 Å². The van der Waals surface area contributed by atoms with Gasteiger partial charge in [-0.15, -0.1) is 0 Å². The monoisotopic (exact) mass is 367 g/mol. The number of hydrogen-bond acceptors (Lipinski definition) is 7. The van der Waals surface area contributed by atoms with Crippen LogP contribution < -0.4 is 9.80 Å². The first-order valence-corrected chi connectivity index (χ1v) is 9.01. The maximum absolute atomic E-state index is 13.0. The Morgan fingerprint density at radius 1 is 1.30 bits per heavy atom. The number of nitrogens with zero attached hydrogens (tertiary/aromatic N) is 7. The third kappa shape index (κ3) is 3.16. The normalized spacial score (nSPS) is 13.9. The van der Waals surface area contributed by atoms with Crippen molar-refractivity contribution in [2.45, 2.75) is 19.8 Å². The highest BCUT2D eigenvalue weighted by Crippen LogP contribution is 2.23. The van der Waals surface area contributed by atoms with Gasteiger partial charge < -0.3 is 18.9 Å². The van der Waals surface area contributed by atoms with Crippen molar-refractivity contribution < 1.29 is 9.32 Å². The number of carbonyl (C=O) groups excluding carboxylic acids is 1. The Balaban J connectivity index is 1.61. The molecule has 140 valence electrons. The van der Waals surface area contributed by atoms with Crippen LogP contribution in [0.2, 0.25) is 0 Å². The summed E-state index contributed by atoms with van der Waals surface area (Å²) in [7, 11) is 1.78. The van der Waals surface area contributed by atoms with Crippen molar-refractivity contribution in [3.8, 4) is 11.6 Å². The van der Waals surface area contributed by atoms with Gasteiger partial charge in [0.15, 0.2) is 5.82 Å². The molecule has 9 nitrogen and oxygen atoms in total. The number of hydrogen-bond donors (Lipinski definition) is 0. The molecule has 1 aliphatic rings. The Hall–Kier alpha value is -3.23. The molecule has 0 radical (unpaired) electrons. The molecule has 4 rings (SSSR count). The van der Waals surface area contributed by atoms with E-state index in [1.54, 1.807) is 41.2 Å². The van der Waals surface area contributed by atoms with Gasteiger partial charge in [-0.25, -0.2) is 4.98 Å². The number of pyridine rings is 1. The van der Waals surface area contributed by atoms with E-state index in [-0.39, 0.29) is 5.91 Å². The summed E-state index contributed by atoms with van der Waals surface area (Å²) in [4.78, 5) is 29.6. The van der Waals surface area contributed by atoms with Gasteiger partial charge in [-0.2, -0.15) is 4.98 Å². The van der Waals surface area contributed by atoms with E-state index < -0.39 is 0 Å². The lowest BCUT2D eigenvalue weighted by Gasteiger charge is -2.20. The molecular weight excluding hydrogens is 346 g/mol. The predicted octanol–water partition coefficient (Wildman–Crippen LogP) is 2.13. The van der Waals surface area contributed by atoms with Crippen molar-refractivity contribution in [2.75, 3.05) is 29.4 Å². The maximum Gasteiger partial charge on any atom is 0.324 e. The van der Waals surface area contributed by atoms with Gasteiger partial charge >= 0.3 is 6.01 Å². The van der Waals surface area contributed by atoms with Crippen molar-refractivity contribution in [1.82, 2.24) is 24.7 Å². The molecule has 1 saturated heterocycles. The van der Waals surface area contributed by atoms with Crippen molar-refractivity contribution in [3.63, 3.8) is 0 Å². The van der Waals surface area contributed by atoms with Gasteiger partial charge in [-0.1, -0.05) is 5.16 Å². The van der Waals surface area contributed by atoms with Crippen LogP contribution in [0.3, 0.4) is 0 Å². The van der Waals surface area contributed by atoms with Crippen LogP contribution in [0.5, 0.6) is 0 Å². The summed E-state index contributed by atoms with van der Waals surface area (Å²) in [6.07, 6.45) is 7.14. The van der Waals surface area contributed by atoms with E-state index in [2.05, 4.69) is 25.0 Å². The minimum atomic E-state index is -0.157. The first-order chi connectivity index (χ1) is 13.2. The van der Waals surface area contributed by atoms with Crippen LogP contribution in [-0.2, 0) is 7.05 Å². The summed E-state index contributed by atoms with van der Waals surface area (Å²) in [6, 6.07) is 4.16. The minimum Gasteiger partial charge on any atom is -0.324 e. The molecule has 0 bridgehead atoms. The van der Waals surface area contributed by atoms with Crippen molar-refractivity contribution in [2.24, 2.45) is 7.05 Å². The molecule has 0 atom stereocenters. The van der Waals surface area contributed by atoms with Gasteiger partial charge in [0, 0.05) is 32.9 Å². The zero-order valence-corrected chi connectivity index (χ0v) is 15.4. The molecule has 27 heavy (non-hydrogen) atoms. The van der Waals surface area contributed by atoms with Gasteiger partial charge in [0.25, 0.3) is 5.91 Å². The molecule has 0 unspecified atom stereocenters. The fourth-order valence-corrected chi connectivity index (χ4v) is 3.25. The van der Waals surface area contributed by atoms with Crippen LogP contribution in [0.1, 0.15) is 30.3 Å². The zero-order chi connectivity index (χ0) is 18.8. The first kappa shape index (κ1) is 17.2. The van der Waals surface area contributed by atoms with Crippen molar-refractivity contribution in [3.05, 3.63) is 36.4 Å². The summed E-state index contributed by atoms with van der Waals surface area (Å²) >= 11 is 0. The number of imidazole rings is 1. The minimum absolute atomic E-state index is 0.157. The average Bonchev–Trinajstić information content (AvgIpc) is 3.43. The smallest absolute Gasteiger partial charge is 0.324 e. The zero-order valence-electron chi connectivity index (χ0n) is 15.4.